The molecule has 17 heavy (non-hydrogen) atoms. The number of sulfonamides is 1. The average Bonchev–Trinajstić information content (AvgIpc) is 2.34. The fourth-order valence-corrected chi connectivity index (χ4v) is 4.43. The first kappa shape index (κ1) is 15.2. The summed E-state index contributed by atoms with van der Waals surface area (Å²) in [6, 6.07) is 0.0798. The van der Waals surface area contributed by atoms with Gasteiger partial charge in [0.25, 0.3) is 0 Å². The summed E-state index contributed by atoms with van der Waals surface area (Å²) < 4.78 is 25.8. The number of alkyl halides is 1. The molecule has 0 spiro atoms. The van der Waals surface area contributed by atoms with Crippen molar-refractivity contribution in [1.82, 2.24) is 4.31 Å². The number of hydrogen-bond acceptors (Lipinski definition) is 3. The van der Waals surface area contributed by atoms with E-state index < -0.39 is 10.0 Å². The van der Waals surface area contributed by atoms with Gasteiger partial charge < -0.3 is 5.11 Å². The maximum Gasteiger partial charge on any atom is 0.214 e. The summed E-state index contributed by atoms with van der Waals surface area (Å²) in [5.74, 6) is 0.448. The van der Waals surface area contributed by atoms with E-state index in [2.05, 4.69) is 0 Å². The van der Waals surface area contributed by atoms with Gasteiger partial charge in [-0.2, -0.15) is 4.31 Å². The molecule has 6 heteroatoms. The summed E-state index contributed by atoms with van der Waals surface area (Å²) in [6.45, 7) is 0.103. The Balaban J connectivity index is 2.68. The molecular formula is C11H22ClNO3S. The van der Waals surface area contributed by atoms with Crippen LogP contribution < -0.4 is 0 Å². The molecule has 1 aliphatic carbocycles. The molecule has 0 aromatic heterocycles. The zero-order valence-corrected chi connectivity index (χ0v) is 11.7. The van der Waals surface area contributed by atoms with Crippen LogP contribution in [0.5, 0.6) is 0 Å². The minimum atomic E-state index is -3.26. The molecule has 0 amide bonds. The van der Waals surface area contributed by atoms with Gasteiger partial charge in [0.1, 0.15) is 0 Å². The standard InChI is InChI=1S/C11H22ClNO3S/c12-7-4-10-17(15,16)13(8-9-14)11-5-2-1-3-6-11/h11,14H,1-10H2. The maximum atomic E-state index is 12.1. The number of aliphatic hydroxyl groups excluding tert-OH is 1. The van der Waals surface area contributed by atoms with Crippen LogP contribution in [0.3, 0.4) is 0 Å². The normalized spacial score (nSPS) is 18.8. The number of halogens is 1. The molecule has 0 radical (unpaired) electrons. The second-order valence-corrected chi connectivity index (χ2v) is 6.90. The average molecular weight is 284 g/mol. The smallest absolute Gasteiger partial charge is 0.214 e. The molecule has 1 saturated carbocycles. The predicted molar refractivity (Wildman–Crippen MR) is 69.8 cm³/mol. The van der Waals surface area contributed by atoms with Gasteiger partial charge in [0.15, 0.2) is 0 Å². The van der Waals surface area contributed by atoms with Crippen molar-refractivity contribution < 1.29 is 13.5 Å². The summed E-state index contributed by atoms with van der Waals surface area (Å²) in [7, 11) is -3.26. The first-order chi connectivity index (χ1) is 8.11. The quantitative estimate of drug-likeness (QED) is 0.722. The summed E-state index contributed by atoms with van der Waals surface area (Å²) >= 11 is 5.54. The van der Waals surface area contributed by atoms with Crippen LogP contribution in [0.25, 0.3) is 0 Å². The highest BCUT2D eigenvalue weighted by molar-refractivity contribution is 7.89. The van der Waals surface area contributed by atoms with Crippen molar-refractivity contribution in [2.24, 2.45) is 0 Å². The van der Waals surface area contributed by atoms with E-state index in [4.69, 9.17) is 16.7 Å². The lowest BCUT2D eigenvalue weighted by Gasteiger charge is -2.33. The van der Waals surface area contributed by atoms with Crippen molar-refractivity contribution in [1.29, 1.82) is 0 Å². The van der Waals surface area contributed by atoms with Gasteiger partial charge in [0, 0.05) is 18.5 Å². The van der Waals surface area contributed by atoms with Crippen molar-refractivity contribution in [3.63, 3.8) is 0 Å². The molecule has 0 aromatic carbocycles. The molecule has 0 unspecified atom stereocenters. The van der Waals surface area contributed by atoms with E-state index in [1.165, 1.54) is 10.7 Å². The van der Waals surface area contributed by atoms with E-state index in [9.17, 15) is 8.42 Å². The molecule has 1 fully saturated rings. The van der Waals surface area contributed by atoms with Crippen molar-refractivity contribution in [2.75, 3.05) is 24.8 Å². The minimum Gasteiger partial charge on any atom is -0.395 e. The zero-order valence-electron chi connectivity index (χ0n) is 10.1. The van der Waals surface area contributed by atoms with Gasteiger partial charge in [-0.1, -0.05) is 19.3 Å². The Morgan fingerprint density at radius 1 is 1.24 bits per heavy atom. The second kappa shape index (κ2) is 7.56. The van der Waals surface area contributed by atoms with Gasteiger partial charge in [-0.15, -0.1) is 11.6 Å². The summed E-state index contributed by atoms with van der Waals surface area (Å²) in [5, 5.41) is 9.02. The lowest BCUT2D eigenvalue weighted by atomic mass is 9.95. The Labute approximate surface area is 109 Å². The zero-order chi connectivity index (χ0) is 12.7. The number of hydrogen-bond donors (Lipinski definition) is 1. The monoisotopic (exact) mass is 283 g/mol. The van der Waals surface area contributed by atoms with E-state index in [1.807, 2.05) is 0 Å². The van der Waals surface area contributed by atoms with Crippen LogP contribution in [0, 0.1) is 0 Å². The summed E-state index contributed by atoms with van der Waals surface area (Å²) in [5.41, 5.74) is 0. The Hall–Kier alpha value is 0.160. The highest BCUT2D eigenvalue weighted by Crippen LogP contribution is 2.24. The van der Waals surface area contributed by atoms with Gasteiger partial charge in [-0.3, -0.25) is 0 Å². The molecule has 0 bridgehead atoms. The lowest BCUT2D eigenvalue weighted by Crippen LogP contribution is -2.44. The Kier molecular flexibility index (Phi) is 6.77. The fraction of sp³-hybridized carbons (Fsp3) is 1.00. The highest BCUT2D eigenvalue weighted by atomic mass is 35.5. The van der Waals surface area contributed by atoms with E-state index >= 15 is 0 Å². The molecule has 1 aliphatic rings. The van der Waals surface area contributed by atoms with Crippen molar-refractivity contribution >= 4 is 21.6 Å². The van der Waals surface area contributed by atoms with Crippen molar-refractivity contribution in [2.45, 2.75) is 44.6 Å². The SMILES string of the molecule is O=S(=O)(CCCCl)N(CCO)C1CCCCC1. The number of aliphatic hydroxyl groups is 1. The third kappa shape index (κ3) is 4.73. The Morgan fingerprint density at radius 3 is 2.41 bits per heavy atom. The second-order valence-electron chi connectivity index (χ2n) is 4.48. The largest absolute Gasteiger partial charge is 0.395 e. The maximum absolute atomic E-state index is 12.1. The molecule has 0 atom stereocenters. The van der Waals surface area contributed by atoms with Crippen LogP contribution in [0.2, 0.25) is 0 Å². The van der Waals surface area contributed by atoms with Crippen LogP contribution in [-0.2, 0) is 10.0 Å². The van der Waals surface area contributed by atoms with E-state index in [-0.39, 0.29) is 24.9 Å². The molecular weight excluding hydrogens is 262 g/mol. The van der Waals surface area contributed by atoms with E-state index in [0.717, 1.165) is 25.7 Å². The predicted octanol–water partition coefficient (Wildman–Crippen LogP) is 1.57. The van der Waals surface area contributed by atoms with Gasteiger partial charge in [0.05, 0.1) is 12.4 Å². The van der Waals surface area contributed by atoms with Crippen molar-refractivity contribution in [3.05, 3.63) is 0 Å². The van der Waals surface area contributed by atoms with Gasteiger partial charge in [-0.25, -0.2) is 8.42 Å². The molecule has 102 valence electrons. The summed E-state index contributed by atoms with van der Waals surface area (Å²) in [4.78, 5) is 0. The first-order valence-electron chi connectivity index (χ1n) is 6.28. The van der Waals surface area contributed by atoms with Crippen LogP contribution in [-0.4, -0.2) is 48.7 Å². The first-order valence-corrected chi connectivity index (χ1v) is 8.42. The Bertz CT molecular complexity index is 302. The summed E-state index contributed by atoms with van der Waals surface area (Å²) in [6.07, 6.45) is 5.65. The lowest BCUT2D eigenvalue weighted by molar-refractivity contribution is 0.199. The molecule has 0 saturated heterocycles. The van der Waals surface area contributed by atoms with Gasteiger partial charge in [0.2, 0.25) is 10.0 Å². The van der Waals surface area contributed by atoms with Crippen LogP contribution in [0.1, 0.15) is 38.5 Å². The molecule has 0 heterocycles. The molecule has 1 N–H and O–H groups in total. The van der Waals surface area contributed by atoms with Gasteiger partial charge in [-0.05, 0) is 19.3 Å². The topological polar surface area (TPSA) is 57.6 Å². The molecule has 0 aliphatic heterocycles. The Morgan fingerprint density at radius 2 is 1.88 bits per heavy atom. The number of nitrogens with zero attached hydrogens (tertiary/aromatic N) is 1. The highest BCUT2D eigenvalue weighted by Gasteiger charge is 2.29. The molecule has 1 rings (SSSR count). The van der Waals surface area contributed by atoms with Crippen LogP contribution >= 0.6 is 11.6 Å². The van der Waals surface area contributed by atoms with Crippen LogP contribution in [0.4, 0.5) is 0 Å². The molecule has 4 nitrogen and oxygen atoms in total. The number of rotatable bonds is 7. The van der Waals surface area contributed by atoms with Crippen LogP contribution in [0.15, 0.2) is 0 Å². The molecule has 0 aromatic rings. The third-order valence-corrected chi connectivity index (χ3v) is 5.46. The van der Waals surface area contributed by atoms with E-state index in [0.29, 0.717) is 12.3 Å². The van der Waals surface area contributed by atoms with Gasteiger partial charge >= 0.3 is 0 Å². The fourth-order valence-electron chi connectivity index (χ4n) is 2.37. The minimum absolute atomic E-state index is 0.0798. The van der Waals surface area contributed by atoms with E-state index in [1.54, 1.807) is 0 Å². The third-order valence-electron chi connectivity index (χ3n) is 3.20. The van der Waals surface area contributed by atoms with Crippen molar-refractivity contribution in [3.8, 4) is 0 Å².